The second kappa shape index (κ2) is 4.21. The monoisotopic (exact) mass is 261 g/mol. The summed E-state index contributed by atoms with van der Waals surface area (Å²) < 4.78 is 0.829. The summed E-state index contributed by atoms with van der Waals surface area (Å²) in [7, 11) is 0. The molecule has 14 heavy (non-hydrogen) atoms. The van der Waals surface area contributed by atoms with E-state index in [4.69, 9.17) is 0 Å². The fourth-order valence-corrected chi connectivity index (χ4v) is 2.63. The molecule has 5 heteroatoms. The van der Waals surface area contributed by atoms with Gasteiger partial charge in [-0.2, -0.15) is 0 Å². The summed E-state index contributed by atoms with van der Waals surface area (Å²) in [6.45, 7) is 3.29. The molecule has 0 aromatic heterocycles. The van der Waals surface area contributed by atoms with E-state index in [0.717, 1.165) is 4.48 Å². The first kappa shape index (κ1) is 11.4. The maximum absolute atomic E-state index is 11.2. The van der Waals surface area contributed by atoms with Crippen molar-refractivity contribution in [3.8, 4) is 0 Å². The maximum Gasteiger partial charge on any atom is 0.220 e. The van der Waals surface area contributed by atoms with Gasteiger partial charge in [0.05, 0.1) is 0 Å². The lowest BCUT2D eigenvalue weighted by molar-refractivity contribution is -0.531. The molecule has 0 radical (unpaired) electrons. The average Bonchev–Trinajstić information content (AvgIpc) is 2.02. The van der Waals surface area contributed by atoms with E-state index in [1.54, 1.807) is 0 Å². The van der Waals surface area contributed by atoms with E-state index in [9.17, 15) is 14.9 Å². The minimum atomic E-state index is -0.616. The van der Waals surface area contributed by atoms with E-state index in [2.05, 4.69) is 15.9 Å². The number of carbonyl (C=O) groups is 1. The largest absolute Gasteiger partial charge is 0.295 e. The smallest absolute Gasteiger partial charge is 0.220 e. The molecule has 1 aliphatic rings. The van der Waals surface area contributed by atoms with Crippen molar-refractivity contribution in [2.75, 3.05) is 0 Å². The topological polar surface area (TPSA) is 60.2 Å². The maximum atomic E-state index is 11.2. The lowest BCUT2D eigenvalue weighted by Gasteiger charge is -2.23. The molecule has 0 aromatic carbocycles. The summed E-state index contributed by atoms with van der Waals surface area (Å²) in [5.41, 5.74) is 0.574. The van der Waals surface area contributed by atoms with Crippen LogP contribution in [0.2, 0.25) is 0 Å². The zero-order valence-corrected chi connectivity index (χ0v) is 9.70. The zero-order valence-electron chi connectivity index (χ0n) is 8.12. The molecular weight excluding hydrogens is 250 g/mol. The van der Waals surface area contributed by atoms with Crippen molar-refractivity contribution in [1.82, 2.24) is 0 Å². The van der Waals surface area contributed by atoms with Crippen LogP contribution in [0.3, 0.4) is 0 Å². The molecule has 1 aliphatic carbocycles. The summed E-state index contributed by atoms with van der Waals surface area (Å²) in [5.74, 6) is -0.0851. The lowest BCUT2D eigenvalue weighted by Crippen LogP contribution is -2.32. The molecule has 78 valence electrons. The first-order valence-electron chi connectivity index (χ1n) is 4.45. The number of nitro groups is 1. The Kier molecular flexibility index (Phi) is 3.42. The lowest BCUT2D eigenvalue weighted by atomic mass is 9.85. The van der Waals surface area contributed by atoms with E-state index in [-0.39, 0.29) is 23.0 Å². The molecule has 0 heterocycles. The van der Waals surface area contributed by atoms with Crippen molar-refractivity contribution in [1.29, 1.82) is 0 Å². The minimum absolute atomic E-state index is 0.0116. The average molecular weight is 262 g/mol. The number of halogens is 1. The van der Waals surface area contributed by atoms with Gasteiger partial charge in [-0.3, -0.25) is 14.9 Å². The van der Waals surface area contributed by atoms with Gasteiger partial charge in [-0.05, 0) is 13.3 Å². The first-order valence-corrected chi connectivity index (χ1v) is 5.24. The van der Waals surface area contributed by atoms with Gasteiger partial charge < -0.3 is 0 Å². The van der Waals surface area contributed by atoms with E-state index in [1.807, 2.05) is 6.92 Å². The summed E-state index contributed by atoms with van der Waals surface area (Å²) in [6.07, 6.45) is 0.838. The number of ketones is 1. The van der Waals surface area contributed by atoms with E-state index in [0.29, 0.717) is 12.0 Å². The Labute approximate surface area is 90.6 Å². The highest BCUT2D eigenvalue weighted by Crippen LogP contribution is 2.34. The van der Waals surface area contributed by atoms with Crippen molar-refractivity contribution in [3.63, 3.8) is 0 Å². The number of hydrogen-bond donors (Lipinski definition) is 0. The molecule has 0 aromatic rings. The number of rotatable bonds is 2. The minimum Gasteiger partial charge on any atom is -0.295 e. The fraction of sp³-hybridized carbons (Fsp3) is 0.667. The molecule has 4 nitrogen and oxygen atoms in total. The SMILES string of the molecule is CC(=O)C1=C(Br)CC(C)C([N+](=O)[O-])C1. The van der Waals surface area contributed by atoms with Crippen molar-refractivity contribution in [3.05, 3.63) is 20.2 Å². The fourth-order valence-electron chi connectivity index (χ4n) is 1.68. The van der Waals surface area contributed by atoms with Crippen molar-refractivity contribution in [2.24, 2.45) is 5.92 Å². The van der Waals surface area contributed by atoms with E-state index < -0.39 is 6.04 Å². The van der Waals surface area contributed by atoms with Crippen LogP contribution in [0.25, 0.3) is 0 Å². The second-order valence-electron chi connectivity index (χ2n) is 3.68. The second-order valence-corrected chi connectivity index (χ2v) is 4.64. The molecule has 0 amide bonds. The Morgan fingerprint density at radius 3 is 2.57 bits per heavy atom. The first-order chi connectivity index (χ1) is 6.43. The van der Waals surface area contributed by atoms with Crippen molar-refractivity contribution >= 4 is 21.7 Å². The van der Waals surface area contributed by atoms with Crippen LogP contribution in [-0.4, -0.2) is 16.7 Å². The molecular formula is C9H12BrNO3. The van der Waals surface area contributed by atoms with Crippen LogP contribution in [0.5, 0.6) is 0 Å². The van der Waals surface area contributed by atoms with Gasteiger partial charge in [-0.25, -0.2) is 0 Å². The van der Waals surface area contributed by atoms with Crippen LogP contribution in [0, 0.1) is 16.0 Å². The van der Waals surface area contributed by atoms with Crippen LogP contribution >= 0.6 is 15.9 Å². The molecule has 0 aliphatic heterocycles. The predicted octanol–water partition coefficient (Wildman–Crippen LogP) is 2.30. The summed E-state index contributed by atoms with van der Waals surface area (Å²) in [4.78, 5) is 21.6. The highest BCUT2D eigenvalue weighted by molar-refractivity contribution is 9.11. The van der Waals surface area contributed by atoms with Crippen LogP contribution < -0.4 is 0 Å². The van der Waals surface area contributed by atoms with E-state index in [1.165, 1.54) is 6.92 Å². The molecule has 0 bridgehead atoms. The Morgan fingerprint density at radius 1 is 1.57 bits per heavy atom. The van der Waals surface area contributed by atoms with Gasteiger partial charge in [0.25, 0.3) is 0 Å². The van der Waals surface area contributed by atoms with Gasteiger partial charge in [0, 0.05) is 27.3 Å². The van der Waals surface area contributed by atoms with Crippen LogP contribution in [-0.2, 0) is 4.79 Å². The number of hydrogen-bond acceptors (Lipinski definition) is 3. The Balaban J connectivity index is 2.94. The van der Waals surface area contributed by atoms with Crippen LogP contribution in [0.4, 0.5) is 0 Å². The van der Waals surface area contributed by atoms with Crippen molar-refractivity contribution in [2.45, 2.75) is 32.7 Å². The molecule has 2 unspecified atom stereocenters. The summed E-state index contributed by atoms with van der Waals surface area (Å²) in [5, 5.41) is 10.7. The van der Waals surface area contributed by atoms with Gasteiger partial charge in [0.1, 0.15) is 0 Å². The van der Waals surface area contributed by atoms with Crippen LogP contribution in [0.15, 0.2) is 10.1 Å². The number of nitrogens with zero attached hydrogens (tertiary/aromatic N) is 1. The molecule has 0 fully saturated rings. The Hall–Kier alpha value is -0.710. The third-order valence-corrected chi connectivity index (χ3v) is 3.40. The Bertz CT molecular complexity index is 311. The van der Waals surface area contributed by atoms with Gasteiger partial charge in [0.15, 0.2) is 5.78 Å². The van der Waals surface area contributed by atoms with Gasteiger partial charge >= 0.3 is 0 Å². The third-order valence-electron chi connectivity index (χ3n) is 2.59. The van der Waals surface area contributed by atoms with Gasteiger partial charge in [0.2, 0.25) is 6.04 Å². The van der Waals surface area contributed by atoms with Crippen LogP contribution in [0.1, 0.15) is 26.7 Å². The Morgan fingerprint density at radius 2 is 2.14 bits per heavy atom. The van der Waals surface area contributed by atoms with Crippen molar-refractivity contribution < 1.29 is 9.72 Å². The highest BCUT2D eigenvalue weighted by atomic mass is 79.9. The molecule has 0 spiro atoms. The zero-order chi connectivity index (χ0) is 10.9. The molecule has 0 saturated carbocycles. The normalized spacial score (nSPS) is 27.6. The third kappa shape index (κ3) is 2.20. The molecule has 0 saturated heterocycles. The summed E-state index contributed by atoms with van der Waals surface area (Å²) in [6, 6.07) is -0.616. The molecule has 1 rings (SSSR count). The standard InChI is InChI=1S/C9H12BrNO3/c1-5-3-8(10)7(6(2)12)4-9(5)11(13)14/h5,9H,3-4H2,1-2H3. The summed E-state index contributed by atoms with van der Waals surface area (Å²) >= 11 is 3.31. The quantitative estimate of drug-likeness (QED) is 0.566. The van der Waals surface area contributed by atoms with Gasteiger partial charge in [-0.15, -0.1) is 0 Å². The molecule has 2 atom stereocenters. The highest BCUT2D eigenvalue weighted by Gasteiger charge is 2.35. The number of allylic oxidation sites excluding steroid dienone is 1. The van der Waals surface area contributed by atoms with Gasteiger partial charge in [-0.1, -0.05) is 22.9 Å². The number of carbonyl (C=O) groups excluding carboxylic acids is 1. The number of Topliss-reactive ketones (excluding diaryl/α,β-unsaturated/α-hetero) is 1. The van der Waals surface area contributed by atoms with E-state index >= 15 is 0 Å². The predicted molar refractivity (Wildman–Crippen MR) is 55.8 cm³/mol. The molecule has 0 N–H and O–H groups in total.